The Labute approximate surface area is 152 Å². The van der Waals surface area contributed by atoms with Crippen LogP contribution >= 0.6 is 0 Å². The second kappa shape index (κ2) is 4.37. The molecule has 7 aliphatic rings. The Bertz CT molecular complexity index is 737. The topological polar surface area (TPSA) is 85.2 Å². The molecule has 0 amide bonds. The van der Waals surface area contributed by atoms with Crippen molar-refractivity contribution in [3.8, 4) is 0 Å². The van der Waals surface area contributed by atoms with Gasteiger partial charge in [-0.3, -0.25) is 4.79 Å². The summed E-state index contributed by atoms with van der Waals surface area (Å²) in [5.41, 5.74) is -0.293. The number of hydrogen-bond acceptors (Lipinski definition) is 6. The van der Waals surface area contributed by atoms with Crippen LogP contribution in [0.1, 0.15) is 39.5 Å². The van der Waals surface area contributed by atoms with Crippen molar-refractivity contribution >= 4 is 5.97 Å². The summed E-state index contributed by atoms with van der Waals surface area (Å²) in [5, 5.41) is 21.6. The first kappa shape index (κ1) is 16.0. The van der Waals surface area contributed by atoms with Gasteiger partial charge in [-0.15, -0.1) is 0 Å². The smallest absolute Gasteiger partial charge is 0.318 e. The molecule has 9 atom stereocenters. The third-order valence-corrected chi connectivity index (χ3v) is 9.07. The molecule has 2 bridgehead atoms. The predicted octanol–water partition coefficient (Wildman–Crippen LogP) is 1.15. The molecule has 6 fully saturated rings. The number of aliphatic hydroxyl groups is 2. The molecule has 4 saturated heterocycles. The quantitative estimate of drug-likeness (QED) is 0.497. The Kier molecular flexibility index (Phi) is 2.70. The Hall–Kier alpha value is -0.950. The maximum absolute atomic E-state index is 12.9. The Morgan fingerprint density at radius 3 is 2.77 bits per heavy atom. The molecule has 4 aliphatic heterocycles. The highest BCUT2D eigenvalue weighted by atomic mass is 16.6. The van der Waals surface area contributed by atoms with E-state index in [2.05, 4.69) is 13.0 Å². The monoisotopic (exact) mass is 362 g/mol. The molecule has 2 saturated carbocycles. The van der Waals surface area contributed by atoms with Crippen LogP contribution in [0.25, 0.3) is 0 Å². The van der Waals surface area contributed by atoms with Gasteiger partial charge in [-0.2, -0.15) is 0 Å². The van der Waals surface area contributed by atoms with E-state index >= 15 is 0 Å². The summed E-state index contributed by atoms with van der Waals surface area (Å²) in [4.78, 5) is 12.9. The van der Waals surface area contributed by atoms with E-state index in [1.165, 1.54) is 5.57 Å². The molecule has 7 rings (SSSR count). The molecular weight excluding hydrogens is 336 g/mol. The summed E-state index contributed by atoms with van der Waals surface area (Å²) in [6.07, 6.45) is 4.33. The number of rotatable bonds is 0. The van der Waals surface area contributed by atoms with E-state index < -0.39 is 17.3 Å². The van der Waals surface area contributed by atoms with Crippen molar-refractivity contribution in [1.82, 2.24) is 0 Å². The van der Waals surface area contributed by atoms with E-state index in [0.29, 0.717) is 19.6 Å². The van der Waals surface area contributed by atoms with E-state index in [1.807, 2.05) is 6.92 Å². The third-order valence-electron chi connectivity index (χ3n) is 9.07. The van der Waals surface area contributed by atoms with Crippen LogP contribution in [0.15, 0.2) is 11.6 Å². The fourth-order valence-corrected chi connectivity index (χ4v) is 7.49. The molecule has 4 heterocycles. The molecule has 0 aromatic rings. The molecule has 1 spiro atoms. The lowest BCUT2D eigenvalue weighted by Crippen LogP contribution is -2.72. The zero-order chi connectivity index (χ0) is 18.1. The molecule has 3 aliphatic carbocycles. The molecule has 6 heteroatoms. The van der Waals surface area contributed by atoms with Gasteiger partial charge in [-0.1, -0.05) is 6.92 Å². The largest absolute Gasteiger partial charge is 0.457 e. The first-order valence-corrected chi connectivity index (χ1v) is 9.85. The summed E-state index contributed by atoms with van der Waals surface area (Å²) in [5.74, 6) is -1.56. The Morgan fingerprint density at radius 2 is 2.04 bits per heavy atom. The van der Waals surface area contributed by atoms with Gasteiger partial charge in [-0.25, -0.2) is 0 Å². The fourth-order valence-electron chi connectivity index (χ4n) is 7.49. The number of ether oxygens (including phenoxy) is 3. The van der Waals surface area contributed by atoms with Gasteiger partial charge in [0.05, 0.1) is 25.4 Å². The van der Waals surface area contributed by atoms with Crippen LogP contribution < -0.4 is 0 Å². The number of hydrogen-bond donors (Lipinski definition) is 2. The lowest BCUT2D eigenvalue weighted by Gasteiger charge is -2.66. The molecule has 6 nitrogen and oxygen atoms in total. The SMILES string of the molecule is C[C@]12CC[C@H]3C(=C[C@@H]4OC(=O)[C@]5(C)[C@H]4C34CCC5(O)OC4)[C@@H]1OC[C@H]2O. The van der Waals surface area contributed by atoms with Crippen LogP contribution in [-0.4, -0.2) is 53.5 Å². The number of esters is 1. The highest BCUT2D eigenvalue weighted by molar-refractivity contribution is 5.82. The van der Waals surface area contributed by atoms with Gasteiger partial charge in [-0.05, 0) is 43.8 Å². The van der Waals surface area contributed by atoms with E-state index in [0.717, 1.165) is 19.3 Å². The first-order valence-electron chi connectivity index (χ1n) is 9.85. The van der Waals surface area contributed by atoms with Gasteiger partial charge >= 0.3 is 5.97 Å². The normalized spacial score (nSPS) is 62.2. The molecule has 2 N–H and O–H groups in total. The minimum atomic E-state index is -1.42. The van der Waals surface area contributed by atoms with Crippen LogP contribution in [0.2, 0.25) is 0 Å². The maximum Gasteiger partial charge on any atom is 0.318 e. The second-order valence-corrected chi connectivity index (χ2v) is 9.85. The average molecular weight is 362 g/mol. The van der Waals surface area contributed by atoms with Crippen molar-refractivity contribution < 1.29 is 29.2 Å². The summed E-state index contributed by atoms with van der Waals surface area (Å²) in [6, 6.07) is 0. The molecule has 0 aromatic heterocycles. The summed E-state index contributed by atoms with van der Waals surface area (Å²) in [6.45, 7) is 4.76. The minimum absolute atomic E-state index is 0.0561. The van der Waals surface area contributed by atoms with E-state index in [9.17, 15) is 15.0 Å². The van der Waals surface area contributed by atoms with Crippen molar-refractivity contribution in [2.45, 2.75) is 63.6 Å². The van der Waals surface area contributed by atoms with Gasteiger partial charge < -0.3 is 24.4 Å². The lowest BCUT2D eigenvalue weighted by atomic mass is 9.42. The maximum atomic E-state index is 12.9. The van der Waals surface area contributed by atoms with E-state index in [4.69, 9.17) is 14.2 Å². The van der Waals surface area contributed by atoms with Crippen LogP contribution in [0.4, 0.5) is 0 Å². The average Bonchev–Trinajstić information content (AvgIpc) is 3.06. The molecule has 142 valence electrons. The number of carbonyl (C=O) groups excluding carboxylic acids is 1. The lowest BCUT2D eigenvalue weighted by molar-refractivity contribution is -0.367. The molecule has 26 heavy (non-hydrogen) atoms. The van der Waals surface area contributed by atoms with Crippen molar-refractivity contribution in [3.63, 3.8) is 0 Å². The summed E-state index contributed by atoms with van der Waals surface area (Å²) >= 11 is 0. The van der Waals surface area contributed by atoms with Crippen LogP contribution in [-0.2, 0) is 19.0 Å². The predicted molar refractivity (Wildman–Crippen MR) is 88.7 cm³/mol. The number of fused-ring (bicyclic) bond motifs is 5. The van der Waals surface area contributed by atoms with E-state index in [1.54, 1.807) is 0 Å². The standard InChI is InChI=1S/C20H26O6/c1-17-4-3-11-10(15(17)24-8-13(17)21)7-12-14-18(2,16(22)26-12)20(23)6-5-19(11,14)9-25-20/h7,11-15,21,23H,3-6,8-9H2,1-2H3/t11-,12-,13+,14-,15-,17+,18-,19?,20?/m0/s1. The van der Waals surface area contributed by atoms with Gasteiger partial charge in [0.2, 0.25) is 0 Å². The first-order chi connectivity index (χ1) is 12.3. The van der Waals surface area contributed by atoms with Crippen molar-refractivity contribution in [2.24, 2.45) is 28.1 Å². The van der Waals surface area contributed by atoms with Crippen molar-refractivity contribution in [2.75, 3.05) is 13.2 Å². The third kappa shape index (κ3) is 1.41. The van der Waals surface area contributed by atoms with Crippen LogP contribution in [0.5, 0.6) is 0 Å². The molecule has 2 unspecified atom stereocenters. The van der Waals surface area contributed by atoms with Gasteiger partial charge in [0.25, 0.3) is 0 Å². The fraction of sp³-hybridized carbons (Fsp3) is 0.850. The minimum Gasteiger partial charge on any atom is -0.457 e. The van der Waals surface area contributed by atoms with E-state index in [-0.39, 0.29) is 40.8 Å². The van der Waals surface area contributed by atoms with Crippen LogP contribution in [0.3, 0.4) is 0 Å². The number of aliphatic hydroxyl groups excluding tert-OH is 1. The van der Waals surface area contributed by atoms with Crippen molar-refractivity contribution in [3.05, 3.63) is 11.6 Å². The summed E-state index contributed by atoms with van der Waals surface area (Å²) < 4.78 is 17.8. The molecule has 0 aromatic carbocycles. The van der Waals surface area contributed by atoms with Gasteiger partial charge in [0.15, 0.2) is 5.79 Å². The van der Waals surface area contributed by atoms with Gasteiger partial charge in [0, 0.05) is 23.2 Å². The Balaban J connectivity index is 1.54. The van der Waals surface area contributed by atoms with Crippen LogP contribution in [0, 0.1) is 28.1 Å². The van der Waals surface area contributed by atoms with Crippen molar-refractivity contribution in [1.29, 1.82) is 0 Å². The van der Waals surface area contributed by atoms with Gasteiger partial charge in [0.1, 0.15) is 11.5 Å². The zero-order valence-electron chi connectivity index (χ0n) is 15.2. The molecule has 0 radical (unpaired) electrons. The highest BCUT2D eigenvalue weighted by Crippen LogP contribution is 2.72. The molecular formula is C20H26O6. The number of carbonyl (C=O) groups is 1. The second-order valence-electron chi connectivity index (χ2n) is 9.85. The zero-order valence-corrected chi connectivity index (χ0v) is 15.2. The highest BCUT2D eigenvalue weighted by Gasteiger charge is 2.79. The summed E-state index contributed by atoms with van der Waals surface area (Å²) in [7, 11) is 0. The Morgan fingerprint density at radius 1 is 1.23 bits per heavy atom.